The molecule has 0 aliphatic heterocycles. The maximum atomic E-state index is 5.92. The predicted molar refractivity (Wildman–Crippen MR) is 87.7 cm³/mol. The van der Waals surface area contributed by atoms with Crippen LogP contribution in [0.2, 0.25) is 0 Å². The van der Waals surface area contributed by atoms with Gasteiger partial charge in [0.2, 0.25) is 0 Å². The summed E-state index contributed by atoms with van der Waals surface area (Å²) in [6.07, 6.45) is 0.953. The number of ether oxygens (including phenoxy) is 2. The maximum Gasteiger partial charge on any atom is 0.144 e. The molecule has 0 amide bonds. The highest BCUT2D eigenvalue weighted by Gasteiger charge is 2.05. The molecule has 3 N–H and O–H groups in total. The van der Waals surface area contributed by atoms with E-state index < -0.39 is 0 Å². The van der Waals surface area contributed by atoms with Gasteiger partial charge in [0.25, 0.3) is 0 Å². The summed E-state index contributed by atoms with van der Waals surface area (Å²) in [4.78, 5) is 0. The van der Waals surface area contributed by atoms with Gasteiger partial charge in [-0.05, 0) is 49.2 Å². The molecule has 0 saturated carbocycles. The minimum absolute atomic E-state index is 0.653. The zero-order valence-electron chi connectivity index (χ0n) is 12.8. The van der Waals surface area contributed by atoms with Gasteiger partial charge in [-0.1, -0.05) is 6.92 Å². The lowest BCUT2D eigenvalue weighted by Crippen LogP contribution is -2.00. The number of rotatable bonds is 6. The minimum atomic E-state index is 0.653. The molecule has 0 atom stereocenters. The lowest BCUT2D eigenvalue weighted by atomic mass is 10.1. The van der Waals surface area contributed by atoms with E-state index in [1.54, 1.807) is 7.11 Å². The molecule has 2 aromatic carbocycles. The number of hydrogen-bond donors (Lipinski definition) is 2. The summed E-state index contributed by atoms with van der Waals surface area (Å²) in [7, 11) is 1.67. The van der Waals surface area contributed by atoms with Crippen LogP contribution >= 0.6 is 0 Å². The van der Waals surface area contributed by atoms with Crippen molar-refractivity contribution in [3.05, 3.63) is 42.0 Å². The smallest absolute Gasteiger partial charge is 0.144 e. The van der Waals surface area contributed by atoms with E-state index in [-0.39, 0.29) is 0 Å². The van der Waals surface area contributed by atoms with E-state index in [1.807, 2.05) is 43.3 Å². The molecule has 112 valence electrons. The fraction of sp³-hybridized carbons (Fsp3) is 0.294. The summed E-state index contributed by atoms with van der Waals surface area (Å²) < 4.78 is 10.9. The van der Waals surface area contributed by atoms with Crippen LogP contribution < -0.4 is 20.5 Å². The Labute approximate surface area is 125 Å². The van der Waals surface area contributed by atoms with Crippen molar-refractivity contribution in [1.29, 1.82) is 0 Å². The van der Waals surface area contributed by atoms with E-state index in [4.69, 9.17) is 15.2 Å². The predicted octanol–water partition coefficient (Wildman–Crippen LogP) is 4.12. The van der Waals surface area contributed by atoms with Crippen molar-refractivity contribution in [3.8, 4) is 11.5 Å². The monoisotopic (exact) mass is 286 g/mol. The van der Waals surface area contributed by atoms with Gasteiger partial charge in [0.15, 0.2) is 0 Å². The van der Waals surface area contributed by atoms with Gasteiger partial charge >= 0.3 is 0 Å². The van der Waals surface area contributed by atoms with Crippen molar-refractivity contribution in [2.45, 2.75) is 20.3 Å². The van der Waals surface area contributed by atoms with Crippen molar-refractivity contribution in [2.24, 2.45) is 0 Å². The number of nitrogen functional groups attached to an aromatic ring is 1. The molecule has 0 unspecified atom stereocenters. The van der Waals surface area contributed by atoms with Crippen LogP contribution in [-0.2, 0) is 0 Å². The molecule has 0 heterocycles. The molecule has 0 aromatic heterocycles. The molecule has 0 fully saturated rings. The summed E-state index contributed by atoms with van der Waals surface area (Å²) in [5.74, 6) is 1.57. The first-order valence-electron chi connectivity index (χ1n) is 7.08. The van der Waals surface area contributed by atoms with Gasteiger partial charge in [-0.3, -0.25) is 0 Å². The molecule has 0 aliphatic rings. The van der Waals surface area contributed by atoms with Crippen molar-refractivity contribution in [1.82, 2.24) is 0 Å². The SMILES string of the molecule is CCCOc1cc(Nc2ccc(OC)cc2C)ccc1N. The van der Waals surface area contributed by atoms with Gasteiger partial charge in [-0.25, -0.2) is 0 Å². The van der Waals surface area contributed by atoms with Crippen LogP contribution in [-0.4, -0.2) is 13.7 Å². The first-order chi connectivity index (χ1) is 10.1. The zero-order valence-corrected chi connectivity index (χ0v) is 12.8. The quantitative estimate of drug-likeness (QED) is 0.784. The van der Waals surface area contributed by atoms with E-state index in [0.717, 1.165) is 29.1 Å². The number of benzene rings is 2. The van der Waals surface area contributed by atoms with Crippen LogP contribution in [0.3, 0.4) is 0 Å². The highest BCUT2D eigenvalue weighted by Crippen LogP contribution is 2.29. The highest BCUT2D eigenvalue weighted by atomic mass is 16.5. The first-order valence-corrected chi connectivity index (χ1v) is 7.08. The van der Waals surface area contributed by atoms with Crippen LogP contribution in [0.15, 0.2) is 36.4 Å². The van der Waals surface area contributed by atoms with Crippen molar-refractivity contribution in [3.63, 3.8) is 0 Å². The number of hydrogen-bond acceptors (Lipinski definition) is 4. The Morgan fingerprint density at radius 2 is 1.95 bits per heavy atom. The second kappa shape index (κ2) is 6.88. The molecule has 0 radical (unpaired) electrons. The van der Waals surface area contributed by atoms with Gasteiger partial charge in [-0.2, -0.15) is 0 Å². The number of aryl methyl sites for hydroxylation is 1. The van der Waals surface area contributed by atoms with Crippen molar-refractivity contribution < 1.29 is 9.47 Å². The molecule has 0 aliphatic carbocycles. The van der Waals surface area contributed by atoms with E-state index in [9.17, 15) is 0 Å². The van der Waals surface area contributed by atoms with Gasteiger partial charge < -0.3 is 20.5 Å². The van der Waals surface area contributed by atoms with Crippen molar-refractivity contribution >= 4 is 17.1 Å². The molecule has 0 bridgehead atoms. The van der Waals surface area contributed by atoms with Crippen LogP contribution in [0.4, 0.5) is 17.1 Å². The molecule has 2 aromatic rings. The Bertz CT molecular complexity index is 612. The average molecular weight is 286 g/mol. The molecular weight excluding hydrogens is 264 g/mol. The highest BCUT2D eigenvalue weighted by molar-refractivity contribution is 5.68. The number of nitrogens with two attached hydrogens (primary N) is 1. The summed E-state index contributed by atoms with van der Waals surface area (Å²) in [6, 6.07) is 11.6. The third-order valence-corrected chi connectivity index (χ3v) is 3.19. The van der Waals surface area contributed by atoms with E-state index in [2.05, 4.69) is 12.2 Å². The fourth-order valence-electron chi connectivity index (χ4n) is 2.01. The van der Waals surface area contributed by atoms with Crippen LogP contribution in [0.25, 0.3) is 0 Å². The molecule has 4 nitrogen and oxygen atoms in total. The fourth-order valence-corrected chi connectivity index (χ4v) is 2.01. The van der Waals surface area contributed by atoms with Crippen LogP contribution in [0, 0.1) is 6.92 Å². The van der Waals surface area contributed by atoms with Gasteiger partial charge in [0, 0.05) is 17.4 Å². The third kappa shape index (κ3) is 3.81. The van der Waals surface area contributed by atoms with Gasteiger partial charge in [-0.15, -0.1) is 0 Å². The Morgan fingerprint density at radius 1 is 1.14 bits per heavy atom. The minimum Gasteiger partial charge on any atom is -0.497 e. The Kier molecular flexibility index (Phi) is 4.93. The van der Waals surface area contributed by atoms with Gasteiger partial charge in [0.1, 0.15) is 11.5 Å². The Balaban J connectivity index is 2.19. The summed E-state index contributed by atoms with van der Waals surface area (Å²) in [6.45, 7) is 4.77. The van der Waals surface area contributed by atoms with E-state index >= 15 is 0 Å². The normalized spacial score (nSPS) is 10.2. The largest absolute Gasteiger partial charge is 0.497 e. The van der Waals surface area contributed by atoms with Crippen LogP contribution in [0.1, 0.15) is 18.9 Å². The average Bonchev–Trinajstić information content (AvgIpc) is 2.49. The molecule has 4 heteroatoms. The number of nitrogens with one attached hydrogen (secondary N) is 1. The lowest BCUT2D eigenvalue weighted by molar-refractivity contribution is 0.319. The maximum absolute atomic E-state index is 5.92. The van der Waals surface area contributed by atoms with E-state index in [0.29, 0.717) is 18.0 Å². The zero-order chi connectivity index (χ0) is 15.2. The first kappa shape index (κ1) is 15.0. The molecule has 21 heavy (non-hydrogen) atoms. The summed E-state index contributed by atoms with van der Waals surface area (Å²) in [5, 5.41) is 3.38. The molecule has 0 spiro atoms. The van der Waals surface area contributed by atoms with Crippen molar-refractivity contribution in [2.75, 3.05) is 24.8 Å². The summed E-state index contributed by atoms with van der Waals surface area (Å²) >= 11 is 0. The lowest BCUT2D eigenvalue weighted by Gasteiger charge is -2.13. The van der Waals surface area contributed by atoms with E-state index in [1.165, 1.54) is 0 Å². The Morgan fingerprint density at radius 3 is 2.62 bits per heavy atom. The summed E-state index contributed by atoms with van der Waals surface area (Å²) in [5.41, 5.74) is 9.67. The standard InChI is InChI=1S/C17H22N2O2/c1-4-9-21-17-11-13(5-7-15(17)18)19-16-8-6-14(20-3)10-12(16)2/h5-8,10-11,19H,4,9,18H2,1-3H3. The van der Waals surface area contributed by atoms with Gasteiger partial charge in [0.05, 0.1) is 19.4 Å². The second-order valence-electron chi connectivity index (χ2n) is 4.91. The molecule has 2 rings (SSSR count). The topological polar surface area (TPSA) is 56.5 Å². The second-order valence-corrected chi connectivity index (χ2v) is 4.91. The number of methoxy groups -OCH3 is 1. The number of anilines is 3. The third-order valence-electron chi connectivity index (χ3n) is 3.19. The van der Waals surface area contributed by atoms with Crippen LogP contribution in [0.5, 0.6) is 11.5 Å². The Hall–Kier alpha value is -2.36. The molecular formula is C17H22N2O2. The molecule has 0 saturated heterocycles.